The molecule has 1 aromatic carbocycles. The van der Waals surface area contributed by atoms with E-state index in [1.54, 1.807) is 62.2 Å². The summed E-state index contributed by atoms with van der Waals surface area (Å²) >= 11 is 1.35. The number of hydrogen-bond donors (Lipinski definition) is 1. The van der Waals surface area contributed by atoms with Gasteiger partial charge in [0.15, 0.2) is 0 Å². The van der Waals surface area contributed by atoms with Gasteiger partial charge in [0.25, 0.3) is 0 Å². The molecule has 4 rings (SSSR count). The lowest BCUT2D eigenvalue weighted by molar-refractivity contribution is -0.140. The van der Waals surface area contributed by atoms with Crippen molar-refractivity contribution < 1.29 is 38.2 Å². The molecule has 1 aliphatic heterocycles. The van der Waals surface area contributed by atoms with Gasteiger partial charge in [-0.05, 0) is 71.4 Å². The molecule has 3 atom stereocenters. The van der Waals surface area contributed by atoms with Crippen molar-refractivity contribution in [3.8, 4) is 5.75 Å². The van der Waals surface area contributed by atoms with Gasteiger partial charge < -0.3 is 29.2 Å². The molecule has 2 heterocycles. The predicted molar refractivity (Wildman–Crippen MR) is 180 cm³/mol. The third kappa shape index (κ3) is 9.85. The van der Waals surface area contributed by atoms with Gasteiger partial charge in [-0.15, -0.1) is 11.3 Å². The zero-order valence-corrected chi connectivity index (χ0v) is 29.4. The van der Waals surface area contributed by atoms with Gasteiger partial charge in [-0.25, -0.2) is 9.78 Å². The molecule has 0 spiro atoms. The lowest BCUT2D eigenvalue weighted by atomic mass is 9.83. The van der Waals surface area contributed by atoms with Crippen LogP contribution in [0.15, 0.2) is 29.6 Å². The maximum Gasteiger partial charge on any atom is 0.410 e. The average Bonchev–Trinajstić information content (AvgIpc) is 3.76. The molecule has 1 N–H and O–H groups in total. The van der Waals surface area contributed by atoms with E-state index in [-0.39, 0.29) is 49.2 Å². The van der Waals surface area contributed by atoms with Crippen LogP contribution in [-0.2, 0) is 23.9 Å². The first kappa shape index (κ1) is 37.0. The van der Waals surface area contributed by atoms with Gasteiger partial charge in [-0.3, -0.25) is 19.3 Å². The normalized spacial score (nSPS) is 18.1. The van der Waals surface area contributed by atoms with E-state index in [1.807, 2.05) is 0 Å². The van der Waals surface area contributed by atoms with Gasteiger partial charge in [0.05, 0.1) is 12.6 Å². The van der Waals surface area contributed by atoms with Crippen LogP contribution in [0.25, 0.3) is 0 Å². The fourth-order valence-electron chi connectivity index (χ4n) is 6.03. The molecule has 48 heavy (non-hydrogen) atoms. The fraction of sp³-hybridized carbons (Fsp3) is 0.600. The van der Waals surface area contributed by atoms with Crippen molar-refractivity contribution in [2.24, 2.45) is 5.92 Å². The van der Waals surface area contributed by atoms with Crippen LogP contribution in [0.1, 0.15) is 99.7 Å². The number of carbonyl (C=O) groups excluding carboxylic acids is 5. The summed E-state index contributed by atoms with van der Waals surface area (Å²) in [5.74, 6) is -0.345. The Morgan fingerprint density at radius 1 is 1.10 bits per heavy atom. The average molecular weight is 685 g/mol. The second-order valence-corrected chi connectivity index (χ2v) is 14.2. The number of rotatable bonds is 14. The molecule has 2 fully saturated rings. The maximum absolute atomic E-state index is 14.3. The number of ketones is 1. The van der Waals surface area contributed by atoms with Crippen LogP contribution >= 0.6 is 11.3 Å². The van der Waals surface area contributed by atoms with E-state index in [0.717, 1.165) is 38.5 Å². The first-order valence-electron chi connectivity index (χ1n) is 16.7. The van der Waals surface area contributed by atoms with Gasteiger partial charge in [0.1, 0.15) is 53.6 Å². The van der Waals surface area contributed by atoms with E-state index in [4.69, 9.17) is 19.2 Å². The topological polar surface area (TPSA) is 144 Å². The molecular weight excluding hydrogens is 636 g/mol. The van der Waals surface area contributed by atoms with Crippen LogP contribution in [0.4, 0.5) is 4.79 Å². The first-order chi connectivity index (χ1) is 22.9. The van der Waals surface area contributed by atoms with Gasteiger partial charge >= 0.3 is 6.09 Å². The molecule has 1 aromatic heterocycles. The highest BCUT2D eigenvalue weighted by atomic mass is 32.1. The Kier molecular flexibility index (Phi) is 13.1. The Hall–Kier alpha value is -3.84. The molecule has 2 aromatic rings. The molecule has 13 heteroatoms. The van der Waals surface area contributed by atoms with E-state index >= 15 is 0 Å². The minimum Gasteiger partial charge on any atom is -0.491 e. The van der Waals surface area contributed by atoms with Crippen molar-refractivity contribution in [3.05, 3.63) is 45.9 Å². The Labute approximate surface area is 286 Å². The fourth-order valence-corrected chi connectivity index (χ4v) is 6.97. The standard InChI is InChI=1S/C35H48N4O8S/c1-23(38(5)34(44)47-35(2,3)4)31(42)37-29(24-11-7-6-8-12-24)33(43)39-16-10-15-28(39)32-36-27(22-48-32)30(41)25-13-9-14-26(21-25)46-20-19-45-18-17-40/h9,13-14,17,21-24,28-29H,6-8,10-12,15-16,18-20H2,1-5H3,(H,37,42)/t23-,28-,29-/m0/s1. The van der Waals surface area contributed by atoms with E-state index in [9.17, 15) is 24.0 Å². The Morgan fingerprint density at radius 2 is 1.85 bits per heavy atom. The van der Waals surface area contributed by atoms with Gasteiger partial charge in [0.2, 0.25) is 17.6 Å². The zero-order valence-electron chi connectivity index (χ0n) is 28.6. The van der Waals surface area contributed by atoms with Crippen LogP contribution in [0.5, 0.6) is 5.75 Å². The Morgan fingerprint density at radius 3 is 2.56 bits per heavy atom. The van der Waals surface area contributed by atoms with Crippen molar-refractivity contribution in [2.75, 3.05) is 33.4 Å². The highest BCUT2D eigenvalue weighted by Gasteiger charge is 2.41. The largest absolute Gasteiger partial charge is 0.491 e. The van der Waals surface area contributed by atoms with Crippen molar-refractivity contribution in [3.63, 3.8) is 0 Å². The molecule has 0 bridgehead atoms. The molecular formula is C35H48N4O8S. The summed E-state index contributed by atoms with van der Waals surface area (Å²) < 4.78 is 16.2. The third-order valence-corrected chi connectivity index (χ3v) is 9.63. The van der Waals surface area contributed by atoms with Crippen LogP contribution < -0.4 is 10.1 Å². The summed E-state index contributed by atoms with van der Waals surface area (Å²) in [5.41, 5.74) is 0.0000742. The Balaban J connectivity index is 1.46. The summed E-state index contributed by atoms with van der Waals surface area (Å²) in [4.78, 5) is 72.0. The molecule has 3 amide bonds. The van der Waals surface area contributed by atoms with Crippen molar-refractivity contribution in [2.45, 2.75) is 96.4 Å². The summed E-state index contributed by atoms with van der Waals surface area (Å²) in [6, 6.07) is 4.91. The monoisotopic (exact) mass is 684 g/mol. The quantitative estimate of drug-likeness (QED) is 0.166. The number of aldehydes is 1. The lowest BCUT2D eigenvalue weighted by Crippen LogP contribution is -2.56. The van der Waals surface area contributed by atoms with Gasteiger partial charge in [-0.1, -0.05) is 31.4 Å². The molecule has 0 radical (unpaired) electrons. The number of benzene rings is 1. The van der Waals surface area contributed by atoms with E-state index < -0.39 is 29.7 Å². The second-order valence-electron chi connectivity index (χ2n) is 13.4. The highest BCUT2D eigenvalue weighted by Crippen LogP contribution is 2.36. The summed E-state index contributed by atoms with van der Waals surface area (Å²) in [5, 5.41) is 5.42. The summed E-state index contributed by atoms with van der Waals surface area (Å²) in [6.07, 6.45) is 6.26. The van der Waals surface area contributed by atoms with E-state index in [0.29, 0.717) is 35.6 Å². The van der Waals surface area contributed by atoms with E-state index in [2.05, 4.69) is 5.32 Å². The van der Waals surface area contributed by atoms with Crippen molar-refractivity contribution in [1.29, 1.82) is 0 Å². The molecule has 0 unspecified atom stereocenters. The predicted octanol–water partition coefficient (Wildman–Crippen LogP) is 4.95. The van der Waals surface area contributed by atoms with Crippen molar-refractivity contribution in [1.82, 2.24) is 20.1 Å². The number of nitrogens with zero attached hydrogens (tertiary/aromatic N) is 3. The number of thiazole rings is 1. The van der Waals surface area contributed by atoms with Crippen LogP contribution in [0.2, 0.25) is 0 Å². The van der Waals surface area contributed by atoms with Crippen molar-refractivity contribution >= 4 is 41.3 Å². The minimum atomic E-state index is -0.847. The number of carbonyl (C=O) groups is 5. The number of likely N-dealkylation sites (tertiary alicyclic amines) is 1. The van der Waals surface area contributed by atoms with E-state index in [1.165, 1.54) is 23.3 Å². The van der Waals surface area contributed by atoms with Crippen LogP contribution in [0.3, 0.4) is 0 Å². The van der Waals surface area contributed by atoms with Gasteiger partial charge in [0, 0.05) is 24.5 Å². The number of ether oxygens (including phenoxy) is 3. The van der Waals surface area contributed by atoms with Crippen LogP contribution in [-0.4, -0.2) is 95.9 Å². The third-order valence-electron chi connectivity index (χ3n) is 8.68. The molecule has 1 saturated heterocycles. The highest BCUT2D eigenvalue weighted by molar-refractivity contribution is 7.10. The lowest BCUT2D eigenvalue weighted by Gasteiger charge is -2.36. The second kappa shape index (κ2) is 17.0. The minimum absolute atomic E-state index is 0.000586. The molecule has 262 valence electrons. The number of nitrogens with one attached hydrogen (secondary N) is 1. The summed E-state index contributed by atoms with van der Waals surface area (Å²) in [7, 11) is 1.52. The van der Waals surface area contributed by atoms with Gasteiger partial charge in [-0.2, -0.15) is 0 Å². The maximum atomic E-state index is 14.3. The van der Waals surface area contributed by atoms with Crippen LogP contribution in [0, 0.1) is 5.92 Å². The first-order valence-corrected chi connectivity index (χ1v) is 17.6. The SMILES string of the molecule is C[C@@H](C(=O)N[C@H](C(=O)N1CCC[C@H]1c1nc(C(=O)c2cccc(OCCOCC=O)c2)cs1)C1CCCCC1)N(C)C(=O)OC(C)(C)C. The molecule has 1 saturated carbocycles. The summed E-state index contributed by atoms with van der Waals surface area (Å²) in [6.45, 7) is 7.92. The molecule has 12 nitrogen and oxygen atoms in total. The zero-order chi connectivity index (χ0) is 34.8. The Bertz CT molecular complexity index is 1430. The number of aromatic nitrogens is 1. The smallest absolute Gasteiger partial charge is 0.410 e. The number of likely N-dealkylation sites (N-methyl/N-ethyl adjacent to an activating group) is 1. The number of amides is 3. The molecule has 2 aliphatic rings. The number of hydrogen-bond acceptors (Lipinski definition) is 10. The molecule has 1 aliphatic carbocycles.